The molecule has 0 saturated heterocycles. The summed E-state index contributed by atoms with van der Waals surface area (Å²) >= 11 is 0. The molecule has 1 rings (SSSR count). The van der Waals surface area contributed by atoms with Crippen LogP contribution in [0, 0.1) is 0 Å². The number of aryl methyl sites for hydroxylation is 1. The van der Waals surface area contributed by atoms with Gasteiger partial charge >= 0.3 is 11.9 Å². The lowest BCUT2D eigenvalue weighted by atomic mass is 10.0. The maximum absolute atomic E-state index is 11.8. The lowest BCUT2D eigenvalue weighted by molar-refractivity contribution is -0.138. The van der Waals surface area contributed by atoms with Crippen molar-refractivity contribution in [2.45, 2.75) is 38.5 Å². The lowest BCUT2D eigenvalue weighted by Crippen LogP contribution is -2.02. The summed E-state index contributed by atoms with van der Waals surface area (Å²) < 4.78 is 0. The van der Waals surface area contributed by atoms with Crippen molar-refractivity contribution < 1.29 is 24.6 Å². The molecule has 0 amide bonds. The summed E-state index contributed by atoms with van der Waals surface area (Å²) in [6, 6.07) is 7.04. The molecule has 5 nitrogen and oxygen atoms in total. The number of aliphatic carboxylic acids is 2. The molecule has 0 aliphatic rings. The normalized spacial score (nSPS) is 10.2. The average Bonchev–Trinajstić information content (AvgIpc) is 2.38. The van der Waals surface area contributed by atoms with Crippen molar-refractivity contribution in [1.29, 1.82) is 0 Å². The number of Topliss-reactive ketones (excluding diaryl/α,β-unsaturated/α-hetero) is 1. The van der Waals surface area contributed by atoms with Gasteiger partial charge in [-0.25, -0.2) is 0 Å². The second-order valence-electron chi connectivity index (χ2n) is 4.61. The van der Waals surface area contributed by atoms with Crippen LogP contribution in [0.4, 0.5) is 0 Å². The lowest BCUT2D eigenvalue weighted by Gasteiger charge is -2.03. The number of carboxylic acids is 2. The molecule has 0 saturated carbocycles. The van der Waals surface area contributed by atoms with Gasteiger partial charge in [0.25, 0.3) is 0 Å². The van der Waals surface area contributed by atoms with Gasteiger partial charge in [-0.3, -0.25) is 14.4 Å². The Morgan fingerprint density at radius 1 is 0.800 bits per heavy atom. The number of carbonyl (C=O) groups is 3. The molecule has 0 unspecified atom stereocenters. The average molecular weight is 278 g/mol. The highest BCUT2D eigenvalue weighted by Crippen LogP contribution is 2.11. The molecule has 2 N–H and O–H groups in total. The van der Waals surface area contributed by atoms with Crippen molar-refractivity contribution in [2.24, 2.45) is 0 Å². The van der Waals surface area contributed by atoms with Gasteiger partial charge in [0.2, 0.25) is 0 Å². The van der Waals surface area contributed by atoms with Gasteiger partial charge < -0.3 is 10.2 Å². The van der Waals surface area contributed by atoms with Crippen molar-refractivity contribution in [3.63, 3.8) is 0 Å². The van der Waals surface area contributed by atoms with Gasteiger partial charge in [0.05, 0.1) is 0 Å². The number of rotatable bonds is 9. The first-order chi connectivity index (χ1) is 9.49. The van der Waals surface area contributed by atoms with Crippen LogP contribution >= 0.6 is 0 Å². The van der Waals surface area contributed by atoms with Crippen molar-refractivity contribution in [1.82, 2.24) is 0 Å². The van der Waals surface area contributed by atoms with E-state index in [1.54, 1.807) is 12.1 Å². The van der Waals surface area contributed by atoms with Crippen molar-refractivity contribution in [2.75, 3.05) is 0 Å². The monoisotopic (exact) mass is 278 g/mol. The van der Waals surface area contributed by atoms with E-state index in [4.69, 9.17) is 10.2 Å². The third kappa shape index (κ3) is 6.13. The molecule has 20 heavy (non-hydrogen) atoms. The Morgan fingerprint density at radius 2 is 1.35 bits per heavy atom. The Morgan fingerprint density at radius 3 is 1.90 bits per heavy atom. The van der Waals surface area contributed by atoms with E-state index < -0.39 is 11.9 Å². The van der Waals surface area contributed by atoms with Crippen LogP contribution in [0.25, 0.3) is 0 Å². The van der Waals surface area contributed by atoms with Gasteiger partial charge in [0.15, 0.2) is 5.78 Å². The second-order valence-corrected chi connectivity index (χ2v) is 4.61. The highest BCUT2D eigenvalue weighted by Gasteiger charge is 2.07. The molecule has 0 fully saturated rings. The number of hydrogen-bond donors (Lipinski definition) is 2. The molecule has 0 bridgehead atoms. The van der Waals surface area contributed by atoms with E-state index in [-0.39, 0.29) is 25.0 Å². The summed E-state index contributed by atoms with van der Waals surface area (Å²) in [6.07, 6.45) is 1.94. The largest absolute Gasteiger partial charge is 0.481 e. The Labute approximate surface area is 117 Å². The number of ketones is 1. The predicted molar refractivity (Wildman–Crippen MR) is 72.8 cm³/mol. The van der Waals surface area contributed by atoms with Crippen LogP contribution in [0.5, 0.6) is 0 Å². The minimum absolute atomic E-state index is 0.000980. The van der Waals surface area contributed by atoms with Crippen LogP contribution in [-0.2, 0) is 16.0 Å². The first-order valence-electron chi connectivity index (χ1n) is 6.55. The molecular formula is C15H18O5. The van der Waals surface area contributed by atoms with E-state index in [9.17, 15) is 14.4 Å². The molecule has 0 spiro atoms. The van der Waals surface area contributed by atoms with Crippen LogP contribution in [0.2, 0.25) is 0 Å². The van der Waals surface area contributed by atoms with Crippen molar-refractivity contribution in [3.05, 3.63) is 35.4 Å². The first kappa shape index (κ1) is 15.9. The number of carboxylic acid groups (broad SMARTS) is 2. The molecule has 1 aromatic rings. The maximum atomic E-state index is 11.8. The highest BCUT2D eigenvalue weighted by molar-refractivity contribution is 5.96. The molecule has 0 heterocycles. The summed E-state index contributed by atoms with van der Waals surface area (Å²) in [5.41, 5.74) is 1.56. The van der Waals surface area contributed by atoms with Crippen LogP contribution in [0.3, 0.4) is 0 Å². The maximum Gasteiger partial charge on any atom is 0.303 e. The van der Waals surface area contributed by atoms with Crippen molar-refractivity contribution >= 4 is 17.7 Å². The Hall–Kier alpha value is -2.17. The van der Waals surface area contributed by atoms with Gasteiger partial charge in [-0.1, -0.05) is 24.3 Å². The second kappa shape index (κ2) is 8.09. The predicted octanol–water partition coefficient (Wildman–Crippen LogP) is 2.53. The fourth-order valence-corrected chi connectivity index (χ4v) is 1.85. The number of hydrogen-bond acceptors (Lipinski definition) is 3. The topological polar surface area (TPSA) is 91.7 Å². The summed E-state index contributed by atoms with van der Waals surface area (Å²) in [4.78, 5) is 32.5. The van der Waals surface area contributed by atoms with E-state index in [0.717, 1.165) is 5.56 Å². The SMILES string of the molecule is O=C(O)CCCC(=O)c1ccc(CCCC(=O)O)cc1. The summed E-state index contributed by atoms with van der Waals surface area (Å²) in [6.45, 7) is 0. The van der Waals surface area contributed by atoms with Gasteiger partial charge in [-0.2, -0.15) is 0 Å². The van der Waals surface area contributed by atoms with Crippen LogP contribution in [0.15, 0.2) is 24.3 Å². The third-order valence-electron chi connectivity index (χ3n) is 2.93. The molecular weight excluding hydrogens is 260 g/mol. The first-order valence-corrected chi connectivity index (χ1v) is 6.55. The summed E-state index contributed by atoms with van der Waals surface area (Å²) in [5, 5.41) is 17.0. The van der Waals surface area contributed by atoms with E-state index >= 15 is 0 Å². The molecule has 0 radical (unpaired) electrons. The molecule has 5 heteroatoms. The number of carbonyl (C=O) groups excluding carboxylic acids is 1. The quantitative estimate of drug-likeness (QED) is 0.677. The molecule has 0 aliphatic heterocycles. The van der Waals surface area contributed by atoms with Crippen molar-refractivity contribution in [3.8, 4) is 0 Å². The molecule has 108 valence electrons. The molecule has 0 aromatic heterocycles. The third-order valence-corrected chi connectivity index (χ3v) is 2.93. The zero-order chi connectivity index (χ0) is 15.0. The zero-order valence-corrected chi connectivity index (χ0v) is 11.2. The van der Waals surface area contributed by atoms with E-state index in [0.29, 0.717) is 24.8 Å². The fraction of sp³-hybridized carbons (Fsp3) is 0.400. The minimum atomic E-state index is -0.897. The Balaban J connectivity index is 2.42. The van der Waals surface area contributed by atoms with E-state index in [1.165, 1.54) is 0 Å². The van der Waals surface area contributed by atoms with Gasteiger partial charge in [0, 0.05) is 24.8 Å². The molecule has 1 aromatic carbocycles. The van der Waals surface area contributed by atoms with E-state index in [1.807, 2.05) is 12.1 Å². The standard InChI is InChI=1S/C15H18O5/c16-13(4-2-6-15(19)20)12-9-7-11(8-10-12)3-1-5-14(17)18/h7-10H,1-6H2,(H,17,18)(H,19,20). The van der Waals surface area contributed by atoms with Gasteiger partial charge in [-0.05, 0) is 24.8 Å². The summed E-state index contributed by atoms with van der Waals surface area (Å²) in [7, 11) is 0. The summed E-state index contributed by atoms with van der Waals surface area (Å²) in [5.74, 6) is -1.77. The molecule has 0 aliphatic carbocycles. The Kier molecular flexibility index (Phi) is 6.43. The Bertz CT molecular complexity index is 476. The zero-order valence-electron chi connectivity index (χ0n) is 11.2. The smallest absolute Gasteiger partial charge is 0.303 e. The molecule has 0 atom stereocenters. The van der Waals surface area contributed by atoms with Crippen LogP contribution in [-0.4, -0.2) is 27.9 Å². The number of benzene rings is 1. The van der Waals surface area contributed by atoms with Crippen LogP contribution in [0.1, 0.15) is 48.0 Å². The highest BCUT2D eigenvalue weighted by atomic mass is 16.4. The minimum Gasteiger partial charge on any atom is -0.481 e. The van der Waals surface area contributed by atoms with Gasteiger partial charge in [0.1, 0.15) is 0 Å². The van der Waals surface area contributed by atoms with E-state index in [2.05, 4.69) is 0 Å². The van der Waals surface area contributed by atoms with Crippen LogP contribution < -0.4 is 0 Å². The fourth-order valence-electron chi connectivity index (χ4n) is 1.85. The van der Waals surface area contributed by atoms with Gasteiger partial charge in [-0.15, -0.1) is 0 Å².